The van der Waals surface area contributed by atoms with Gasteiger partial charge >= 0.3 is 6.01 Å². The fraction of sp³-hybridized carbons (Fsp3) is 0.200. The molecule has 0 saturated carbocycles. The first-order valence-electron chi connectivity index (χ1n) is 10.3. The summed E-state index contributed by atoms with van der Waals surface area (Å²) >= 11 is 0. The van der Waals surface area contributed by atoms with E-state index in [1.807, 2.05) is 31.3 Å². The Hall–Kier alpha value is -3.87. The van der Waals surface area contributed by atoms with Crippen molar-refractivity contribution in [3.05, 3.63) is 99.6 Å². The molecule has 0 aliphatic carbocycles. The second-order valence-electron chi connectivity index (χ2n) is 7.69. The third-order valence-electron chi connectivity index (χ3n) is 5.14. The van der Waals surface area contributed by atoms with Crippen molar-refractivity contribution >= 4 is 0 Å². The summed E-state index contributed by atoms with van der Waals surface area (Å²) in [5.41, 5.74) is 4.66. The zero-order valence-corrected chi connectivity index (χ0v) is 18.2. The number of pyridine rings is 2. The topological polar surface area (TPSA) is 69.9 Å². The van der Waals surface area contributed by atoms with E-state index < -0.39 is 5.82 Å². The molecule has 0 spiro atoms. The van der Waals surface area contributed by atoms with Gasteiger partial charge in [-0.15, -0.1) is 0 Å². The highest BCUT2D eigenvalue weighted by Gasteiger charge is 2.14. The van der Waals surface area contributed by atoms with Crippen molar-refractivity contribution < 1.29 is 9.13 Å². The molecule has 6 nitrogen and oxygen atoms in total. The molecular formula is C25H23FN4O2. The predicted octanol–water partition coefficient (Wildman–Crippen LogP) is 4.57. The Kier molecular flexibility index (Phi) is 6.07. The number of halogens is 1. The Labute approximate surface area is 185 Å². The van der Waals surface area contributed by atoms with Crippen LogP contribution in [-0.4, -0.2) is 19.5 Å². The fourth-order valence-electron chi connectivity index (χ4n) is 3.30. The highest BCUT2D eigenvalue weighted by atomic mass is 19.1. The average Bonchev–Trinajstić information content (AvgIpc) is 2.78. The molecule has 0 bridgehead atoms. The molecule has 0 aliphatic rings. The quantitative estimate of drug-likeness (QED) is 0.448. The smallest absolute Gasteiger partial charge is 0.322 e. The molecule has 0 amide bonds. The number of nitrogens with zero attached hydrogens (tertiary/aromatic N) is 4. The zero-order chi connectivity index (χ0) is 22.7. The van der Waals surface area contributed by atoms with Crippen LogP contribution in [0.15, 0.2) is 65.7 Å². The SMILES string of the molecule is Cc1ccc(CCc2cc(-c3ccc(=O)n(C)c3)nc(Oc3c(C)cccc3F)n2)cn1. The van der Waals surface area contributed by atoms with Crippen LogP contribution in [0.2, 0.25) is 0 Å². The van der Waals surface area contributed by atoms with E-state index in [0.29, 0.717) is 17.7 Å². The third kappa shape index (κ3) is 4.88. The van der Waals surface area contributed by atoms with Gasteiger partial charge in [-0.1, -0.05) is 18.2 Å². The highest BCUT2D eigenvalue weighted by molar-refractivity contribution is 5.58. The molecule has 32 heavy (non-hydrogen) atoms. The van der Waals surface area contributed by atoms with Crippen LogP contribution in [-0.2, 0) is 19.9 Å². The lowest BCUT2D eigenvalue weighted by molar-refractivity contribution is 0.406. The molecule has 0 N–H and O–H groups in total. The van der Waals surface area contributed by atoms with Crippen molar-refractivity contribution in [2.45, 2.75) is 26.7 Å². The molecule has 4 rings (SSSR count). The van der Waals surface area contributed by atoms with Gasteiger partial charge in [-0.05, 0) is 62.1 Å². The normalized spacial score (nSPS) is 10.9. The summed E-state index contributed by atoms with van der Waals surface area (Å²) in [6.45, 7) is 3.71. The molecule has 162 valence electrons. The monoisotopic (exact) mass is 430 g/mol. The van der Waals surface area contributed by atoms with E-state index in [2.05, 4.69) is 15.0 Å². The van der Waals surface area contributed by atoms with Gasteiger partial charge in [-0.2, -0.15) is 9.97 Å². The maximum Gasteiger partial charge on any atom is 0.322 e. The summed E-state index contributed by atoms with van der Waals surface area (Å²) in [6, 6.07) is 13.8. The van der Waals surface area contributed by atoms with Gasteiger partial charge in [0, 0.05) is 42.5 Å². The van der Waals surface area contributed by atoms with Gasteiger partial charge in [-0.3, -0.25) is 9.78 Å². The Morgan fingerprint density at radius 2 is 1.88 bits per heavy atom. The van der Waals surface area contributed by atoms with Crippen molar-refractivity contribution in [3.8, 4) is 23.0 Å². The molecular weight excluding hydrogens is 407 g/mol. The molecule has 1 aromatic carbocycles. The summed E-state index contributed by atoms with van der Waals surface area (Å²) in [7, 11) is 1.68. The van der Waals surface area contributed by atoms with Gasteiger partial charge in [-0.25, -0.2) is 4.39 Å². The van der Waals surface area contributed by atoms with E-state index in [4.69, 9.17) is 4.74 Å². The number of aryl methyl sites for hydroxylation is 5. The molecule has 3 aromatic heterocycles. The zero-order valence-electron chi connectivity index (χ0n) is 18.2. The number of ether oxygens (including phenoxy) is 1. The van der Waals surface area contributed by atoms with E-state index in [9.17, 15) is 9.18 Å². The molecule has 0 aliphatic heterocycles. The van der Waals surface area contributed by atoms with Crippen LogP contribution in [0.5, 0.6) is 11.8 Å². The van der Waals surface area contributed by atoms with E-state index >= 15 is 0 Å². The first-order chi connectivity index (χ1) is 15.4. The number of benzene rings is 1. The van der Waals surface area contributed by atoms with Gasteiger partial charge in [0.1, 0.15) is 0 Å². The molecule has 7 heteroatoms. The number of hydrogen-bond donors (Lipinski definition) is 0. The van der Waals surface area contributed by atoms with E-state index in [-0.39, 0.29) is 17.3 Å². The summed E-state index contributed by atoms with van der Waals surface area (Å²) in [5, 5.41) is 0. The van der Waals surface area contributed by atoms with Crippen LogP contribution in [0, 0.1) is 19.7 Å². The first-order valence-corrected chi connectivity index (χ1v) is 10.3. The van der Waals surface area contributed by atoms with Gasteiger partial charge in [0.15, 0.2) is 11.6 Å². The number of rotatable bonds is 6. The van der Waals surface area contributed by atoms with Crippen molar-refractivity contribution in [3.63, 3.8) is 0 Å². The lowest BCUT2D eigenvalue weighted by Crippen LogP contribution is -2.14. The number of hydrogen-bond acceptors (Lipinski definition) is 5. The molecule has 0 radical (unpaired) electrons. The van der Waals surface area contributed by atoms with Crippen LogP contribution in [0.4, 0.5) is 4.39 Å². The molecule has 4 aromatic rings. The van der Waals surface area contributed by atoms with Crippen LogP contribution in [0.25, 0.3) is 11.3 Å². The second kappa shape index (κ2) is 9.09. The minimum atomic E-state index is -0.478. The summed E-state index contributed by atoms with van der Waals surface area (Å²) in [6.07, 6.45) is 4.91. The lowest BCUT2D eigenvalue weighted by atomic mass is 10.1. The third-order valence-corrected chi connectivity index (χ3v) is 5.14. The Balaban J connectivity index is 1.71. The number of aromatic nitrogens is 4. The van der Waals surface area contributed by atoms with E-state index in [0.717, 1.165) is 28.9 Å². The fourth-order valence-corrected chi connectivity index (χ4v) is 3.30. The summed E-state index contributed by atoms with van der Waals surface area (Å²) in [4.78, 5) is 25.1. The van der Waals surface area contributed by atoms with Crippen molar-refractivity contribution in [1.29, 1.82) is 0 Å². The lowest BCUT2D eigenvalue weighted by Gasteiger charge is -2.12. The second-order valence-corrected chi connectivity index (χ2v) is 7.69. The Morgan fingerprint density at radius 1 is 1.03 bits per heavy atom. The molecule has 0 fully saturated rings. The first kappa shape index (κ1) is 21.4. The molecule has 0 unspecified atom stereocenters. The minimum Gasteiger partial charge on any atom is -0.421 e. The van der Waals surface area contributed by atoms with Gasteiger partial charge in [0.2, 0.25) is 5.56 Å². The largest absolute Gasteiger partial charge is 0.421 e. The molecule has 0 atom stereocenters. The van der Waals surface area contributed by atoms with Crippen LogP contribution < -0.4 is 10.3 Å². The van der Waals surface area contributed by atoms with Crippen LogP contribution in [0.3, 0.4) is 0 Å². The summed E-state index contributed by atoms with van der Waals surface area (Å²) in [5.74, 6) is -0.382. The number of para-hydroxylation sites is 1. The minimum absolute atomic E-state index is 0.0570. The maximum absolute atomic E-state index is 14.3. The van der Waals surface area contributed by atoms with Crippen molar-refractivity contribution in [2.75, 3.05) is 0 Å². The Bertz CT molecular complexity index is 1300. The summed E-state index contributed by atoms with van der Waals surface area (Å²) < 4.78 is 21.6. The maximum atomic E-state index is 14.3. The van der Waals surface area contributed by atoms with Gasteiger partial charge in [0.25, 0.3) is 0 Å². The molecule has 0 saturated heterocycles. The molecule has 3 heterocycles. The van der Waals surface area contributed by atoms with Crippen LogP contribution in [0.1, 0.15) is 22.5 Å². The van der Waals surface area contributed by atoms with E-state index in [1.54, 1.807) is 38.4 Å². The average molecular weight is 430 g/mol. The van der Waals surface area contributed by atoms with Gasteiger partial charge in [0.05, 0.1) is 5.69 Å². The van der Waals surface area contributed by atoms with Crippen LogP contribution >= 0.6 is 0 Å². The Morgan fingerprint density at radius 3 is 2.59 bits per heavy atom. The standard InChI is InChI=1S/C25H23FN4O2/c1-16-5-4-6-21(26)24(16)32-25-28-20(11-9-18-8-7-17(2)27-14-18)13-22(29-25)19-10-12-23(31)30(3)15-19/h4-8,10,12-15H,9,11H2,1-3H3. The van der Waals surface area contributed by atoms with Crippen molar-refractivity contribution in [2.24, 2.45) is 7.05 Å². The van der Waals surface area contributed by atoms with E-state index in [1.165, 1.54) is 16.7 Å². The highest BCUT2D eigenvalue weighted by Crippen LogP contribution is 2.28. The van der Waals surface area contributed by atoms with Gasteiger partial charge < -0.3 is 9.30 Å². The predicted molar refractivity (Wildman–Crippen MR) is 120 cm³/mol. The van der Waals surface area contributed by atoms with Crippen molar-refractivity contribution in [1.82, 2.24) is 19.5 Å².